The Bertz CT molecular complexity index is 1060. The molecular formula is C28H38N6O2. The fourth-order valence-electron chi connectivity index (χ4n) is 5.27. The normalized spacial score (nSPS) is 20.4. The number of aromatic nitrogens is 2. The van der Waals surface area contributed by atoms with Gasteiger partial charge in [-0.15, -0.1) is 6.58 Å². The van der Waals surface area contributed by atoms with Gasteiger partial charge in [-0.1, -0.05) is 43.2 Å². The largest absolute Gasteiger partial charge is 0.444 e. The van der Waals surface area contributed by atoms with Gasteiger partial charge in [0.25, 0.3) is 0 Å². The lowest BCUT2D eigenvalue weighted by atomic mass is 9.96. The highest BCUT2D eigenvalue weighted by Gasteiger charge is 2.31. The number of nitrogens with zero attached hydrogens (tertiary/aromatic N) is 5. The lowest BCUT2D eigenvalue weighted by molar-refractivity contribution is 0.0959. The quantitative estimate of drug-likeness (QED) is 0.481. The van der Waals surface area contributed by atoms with Crippen molar-refractivity contribution >= 4 is 17.9 Å². The van der Waals surface area contributed by atoms with E-state index in [1.54, 1.807) is 11.1 Å². The average Bonchev–Trinajstić information content (AvgIpc) is 3.72. The molecule has 1 amide bonds. The monoisotopic (exact) mass is 490 g/mol. The molecule has 2 aromatic rings. The van der Waals surface area contributed by atoms with Crippen molar-refractivity contribution in [3.05, 3.63) is 59.8 Å². The summed E-state index contributed by atoms with van der Waals surface area (Å²) in [4.78, 5) is 27.9. The number of piperazine rings is 1. The number of benzene rings is 1. The van der Waals surface area contributed by atoms with Crippen molar-refractivity contribution in [2.24, 2.45) is 5.92 Å². The Balaban J connectivity index is 1.26. The summed E-state index contributed by atoms with van der Waals surface area (Å²) >= 11 is 0. The third-order valence-electron chi connectivity index (χ3n) is 7.64. The molecule has 0 spiro atoms. The maximum absolute atomic E-state index is 12.1. The Morgan fingerprint density at radius 1 is 1.17 bits per heavy atom. The lowest BCUT2D eigenvalue weighted by Crippen LogP contribution is -2.47. The summed E-state index contributed by atoms with van der Waals surface area (Å²) in [7, 11) is 0. The molecule has 36 heavy (non-hydrogen) atoms. The lowest BCUT2D eigenvalue weighted by Gasteiger charge is -2.39. The number of hydrogen-bond acceptors (Lipinski definition) is 7. The molecule has 2 aliphatic heterocycles. The van der Waals surface area contributed by atoms with Crippen molar-refractivity contribution in [3.8, 4) is 0 Å². The van der Waals surface area contributed by atoms with Crippen LogP contribution in [0.2, 0.25) is 0 Å². The number of hydrogen-bond donors (Lipinski definition) is 1. The number of carbonyl (C=O) groups excluding carboxylic acids is 1. The van der Waals surface area contributed by atoms with Gasteiger partial charge in [-0.25, -0.2) is 9.78 Å². The molecule has 192 valence electrons. The number of cyclic esters (lactones) is 1. The summed E-state index contributed by atoms with van der Waals surface area (Å²) in [5.74, 6) is 2.02. The standard InChI is InChI=1S/C28H38N6O2/c1-4-12-32-13-15-33(16-14-32)25(17-21-6-7-21)23-10-8-22(9-11-23)20(3)30-27-29-18-24-19-36-28(35)34(5-2)26(24)31-27/h4,8-11,18,20-21,25H,1,5-7,12-17,19H2,2-3H3,(H,29,30,31)/t20-,25?/m0/s1. The fourth-order valence-corrected chi connectivity index (χ4v) is 5.27. The molecule has 1 N–H and O–H groups in total. The summed E-state index contributed by atoms with van der Waals surface area (Å²) < 4.78 is 5.19. The van der Waals surface area contributed by atoms with Crippen LogP contribution in [0.3, 0.4) is 0 Å². The van der Waals surface area contributed by atoms with Crippen LogP contribution >= 0.6 is 0 Å². The summed E-state index contributed by atoms with van der Waals surface area (Å²) in [6.45, 7) is 14.1. The first-order chi connectivity index (χ1) is 17.6. The highest BCUT2D eigenvalue weighted by Crippen LogP contribution is 2.40. The average molecular weight is 491 g/mol. The van der Waals surface area contributed by atoms with Gasteiger partial charge >= 0.3 is 6.09 Å². The van der Waals surface area contributed by atoms with Gasteiger partial charge in [0, 0.05) is 51.5 Å². The predicted molar refractivity (Wildman–Crippen MR) is 142 cm³/mol. The van der Waals surface area contributed by atoms with E-state index in [9.17, 15) is 4.79 Å². The number of carbonyl (C=O) groups is 1. The Morgan fingerprint density at radius 3 is 2.56 bits per heavy atom. The number of fused-ring (bicyclic) bond motifs is 1. The van der Waals surface area contributed by atoms with Crippen LogP contribution in [0.1, 0.15) is 61.9 Å². The number of anilines is 2. The predicted octanol–water partition coefficient (Wildman–Crippen LogP) is 4.77. The maximum Gasteiger partial charge on any atom is 0.415 e. The van der Waals surface area contributed by atoms with Crippen molar-refractivity contribution in [2.75, 3.05) is 49.5 Å². The second-order valence-electron chi connectivity index (χ2n) is 10.2. The van der Waals surface area contributed by atoms with Crippen molar-refractivity contribution < 1.29 is 9.53 Å². The Hall–Kier alpha value is -2.97. The molecule has 1 aromatic heterocycles. The molecule has 2 fully saturated rings. The van der Waals surface area contributed by atoms with E-state index in [1.807, 2.05) is 13.0 Å². The van der Waals surface area contributed by atoms with E-state index in [0.717, 1.165) is 44.2 Å². The van der Waals surface area contributed by atoms with E-state index in [2.05, 4.69) is 62.9 Å². The molecule has 8 heteroatoms. The minimum atomic E-state index is -0.360. The zero-order valence-corrected chi connectivity index (χ0v) is 21.5. The smallest absolute Gasteiger partial charge is 0.415 e. The van der Waals surface area contributed by atoms with Crippen LogP contribution in [0, 0.1) is 5.92 Å². The molecule has 1 saturated carbocycles. The first-order valence-corrected chi connectivity index (χ1v) is 13.3. The molecule has 3 heterocycles. The van der Waals surface area contributed by atoms with Crippen LogP contribution in [0.4, 0.5) is 16.6 Å². The van der Waals surface area contributed by atoms with Crippen molar-refractivity contribution in [3.63, 3.8) is 0 Å². The zero-order chi connectivity index (χ0) is 25.1. The zero-order valence-electron chi connectivity index (χ0n) is 21.5. The second kappa shape index (κ2) is 11.0. The number of amides is 1. The van der Waals surface area contributed by atoms with Crippen LogP contribution in [0.5, 0.6) is 0 Å². The molecule has 1 saturated heterocycles. The van der Waals surface area contributed by atoms with Gasteiger partial charge < -0.3 is 10.1 Å². The summed E-state index contributed by atoms with van der Waals surface area (Å²) in [6, 6.07) is 9.60. The number of ether oxygens (including phenoxy) is 1. The van der Waals surface area contributed by atoms with E-state index in [1.165, 1.54) is 30.4 Å². The van der Waals surface area contributed by atoms with Gasteiger partial charge in [-0.3, -0.25) is 14.7 Å². The van der Waals surface area contributed by atoms with Crippen LogP contribution in [0.15, 0.2) is 43.1 Å². The van der Waals surface area contributed by atoms with Gasteiger partial charge in [-0.05, 0) is 37.3 Å². The Morgan fingerprint density at radius 2 is 1.89 bits per heavy atom. The molecule has 5 rings (SSSR count). The van der Waals surface area contributed by atoms with E-state index >= 15 is 0 Å². The van der Waals surface area contributed by atoms with Crippen molar-refractivity contribution in [1.82, 2.24) is 19.8 Å². The number of rotatable bonds is 10. The van der Waals surface area contributed by atoms with Gasteiger partial charge in [0.05, 0.1) is 11.6 Å². The van der Waals surface area contributed by atoms with E-state index in [-0.39, 0.29) is 18.7 Å². The van der Waals surface area contributed by atoms with Crippen molar-refractivity contribution in [1.29, 1.82) is 0 Å². The maximum atomic E-state index is 12.1. The van der Waals surface area contributed by atoms with E-state index < -0.39 is 0 Å². The first kappa shape index (κ1) is 24.7. The van der Waals surface area contributed by atoms with E-state index in [0.29, 0.717) is 24.4 Å². The molecule has 1 unspecified atom stereocenters. The van der Waals surface area contributed by atoms with E-state index in [4.69, 9.17) is 4.74 Å². The van der Waals surface area contributed by atoms with Crippen LogP contribution < -0.4 is 10.2 Å². The topological polar surface area (TPSA) is 73.8 Å². The summed E-state index contributed by atoms with van der Waals surface area (Å²) in [5.41, 5.74) is 3.43. The third kappa shape index (κ3) is 5.55. The van der Waals surface area contributed by atoms with Crippen LogP contribution in [0.25, 0.3) is 0 Å². The number of nitrogens with one attached hydrogen (secondary N) is 1. The highest BCUT2D eigenvalue weighted by atomic mass is 16.6. The second-order valence-corrected chi connectivity index (χ2v) is 10.2. The minimum absolute atomic E-state index is 0.0343. The van der Waals surface area contributed by atoms with Crippen molar-refractivity contribution in [2.45, 2.75) is 51.8 Å². The van der Waals surface area contributed by atoms with Gasteiger partial charge in [0.1, 0.15) is 12.4 Å². The van der Waals surface area contributed by atoms with Crippen LogP contribution in [-0.2, 0) is 11.3 Å². The van der Waals surface area contributed by atoms with Gasteiger partial charge in [-0.2, -0.15) is 4.98 Å². The molecule has 3 aliphatic rings. The third-order valence-corrected chi connectivity index (χ3v) is 7.64. The fraction of sp³-hybridized carbons (Fsp3) is 0.536. The summed E-state index contributed by atoms with van der Waals surface area (Å²) in [5, 5.41) is 3.41. The summed E-state index contributed by atoms with van der Waals surface area (Å²) in [6.07, 6.45) is 7.40. The minimum Gasteiger partial charge on any atom is -0.444 e. The van der Waals surface area contributed by atoms with Gasteiger partial charge in [0.2, 0.25) is 5.95 Å². The SMILES string of the molecule is C=CCN1CCN(C(CC2CC2)c2ccc([C@H](C)Nc3ncc4c(n3)N(CC)C(=O)OC4)cc2)CC1. The van der Waals surface area contributed by atoms with Gasteiger partial charge in [0.15, 0.2) is 0 Å². The molecule has 2 atom stereocenters. The molecular weight excluding hydrogens is 452 g/mol. The molecule has 0 radical (unpaired) electrons. The molecule has 8 nitrogen and oxygen atoms in total. The highest BCUT2D eigenvalue weighted by molar-refractivity contribution is 5.89. The molecule has 1 aliphatic carbocycles. The first-order valence-electron chi connectivity index (χ1n) is 13.3. The Labute approximate surface area is 214 Å². The molecule has 0 bridgehead atoms. The Kier molecular flexibility index (Phi) is 7.53. The molecule has 1 aromatic carbocycles. The van der Waals surface area contributed by atoms with Crippen LogP contribution in [-0.4, -0.2) is 65.1 Å².